The minimum absolute atomic E-state index is 0.264. The highest BCUT2D eigenvalue weighted by molar-refractivity contribution is 7.89. The number of hydrogen-bond donors (Lipinski definition) is 1. The summed E-state index contributed by atoms with van der Waals surface area (Å²) in [7, 11) is -2.00. The number of rotatable bonds is 7. The number of aromatic nitrogens is 4. The monoisotopic (exact) mass is 371 g/mol. The number of hydrogen-bond acceptors (Lipinski definition) is 5. The van der Waals surface area contributed by atoms with Crippen LogP contribution in [0.5, 0.6) is 0 Å². The first kappa shape index (κ1) is 18.2. The molecule has 0 unspecified atom stereocenters. The lowest BCUT2D eigenvalue weighted by molar-refractivity contribution is 0.588. The lowest BCUT2D eigenvalue weighted by atomic mass is 10.1. The van der Waals surface area contributed by atoms with Crippen LogP contribution < -0.4 is 4.72 Å². The Morgan fingerprint density at radius 1 is 1.04 bits per heavy atom. The van der Waals surface area contributed by atoms with E-state index in [1.165, 1.54) is 7.05 Å². The van der Waals surface area contributed by atoms with Crippen molar-refractivity contribution in [1.29, 1.82) is 0 Å². The first-order valence-electron chi connectivity index (χ1n) is 8.40. The molecule has 0 radical (unpaired) electrons. The second-order valence-corrected chi connectivity index (χ2v) is 7.64. The third-order valence-electron chi connectivity index (χ3n) is 4.13. The van der Waals surface area contributed by atoms with Gasteiger partial charge in [-0.2, -0.15) is 5.10 Å². The number of benzene rings is 1. The standard InChI is InChI=1S/C18H21N5O2S/c1-3-23-17(21-18(22-23)15-10-12-20-13-11-15)9-6-14-4-7-16(8-5-14)26(24,25)19-2/h4-5,7-8,10-13,19H,3,6,9H2,1-2H3. The van der Waals surface area contributed by atoms with Gasteiger partial charge in [-0.25, -0.2) is 22.8 Å². The minimum Gasteiger partial charge on any atom is -0.265 e. The zero-order valence-corrected chi connectivity index (χ0v) is 15.6. The maximum Gasteiger partial charge on any atom is 0.240 e. The van der Waals surface area contributed by atoms with E-state index in [4.69, 9.17) is 0 Å². The minimum atomic E-state index is -3.40. The van der Waals surface area contributed by atoms with Gasteiger partial charge in [0.25, 0.3) is 0 Å². The van der Waals surface area contributed by atoms with E-state index in [-0.39, 0.29) is 4.90 Å². The van der Waals surface area contributed by atoms with Crippen LogP contribution in [0.1, 0.15) is 18.3 Å². The predicted molar refractivity (Wildman–Crippen MR) is 99.0 cm³/mol. The summed E-state index contributed by atoms with van der Waals surface area (Å²) >= 11 is 0. The quantitative estimate of drug-likeness (QED) is 0.686. The molecule has 0 spiro atoms. The molecular weight excluding hydrogens is 350 g/mol. The van der Waals surface area contributed by atoms with Gasteiger partial charge in [-0.15, -0.1) is 0 Å². The summed E-state index contributed by atoms with van der Waals surface area (Å²) in [6.45, 7) is 2.78. The lowest BCUT2D eigenvalue weighted by Gasteiger charge is -2.05. The van der Waals surface area contributed by atoms with Crippen LogP contribution in [0.25, 0.3) is 11.4 Å². The fourth-order valence-corrected chi connectivity index (χ4v) is 3.38. The number of nitrogens with zero attached hydrogens (tertiary/aromatic N) is 4. The first-order chi connectivity index (χ1) is 12.5. The zero-order valence-electron chi connectivity index (χ0n) is 14.8. The first-order valence-corrected chi connectivity index (χ1v) is 9.88. The summed E-state index contributed by atoms with van der Waals surface area (Å²) in [5.74, 6) is 1.60. The predicted octanol–water partition coefficient (Wildman–Crippen LogP) is 2.05. The van der Waals surface area contributed by atoms with Crippen molar-refractivity contribution in [2.75, 3.05) is 7.05 Å². The number of aryl methyl sites for hydroxylation is 3. The molecule has 2 heterocycles. The molecule has 2 aromatic heterocycles. The maximum atomic E-state index is 11.8. The molecule has 1 aromatic carbocycles. The normalized spacial score (nSPS) is 11.6. The summed E-state index contributed by atoms with van der Waals surface area (Å²) in [5, 5.41) is 4.56. The van der Waals surface area contributed by atoms with Crippen LogP contribution in [0, 0.1) is 0 Å². The van der Waals surface area contributed by atoms with Gasteiger partial charge in [0.1, 0.15) is 5.82 Å². The summed E-state index contributed by atoms with van der Waals surface area (Å²) < 4.78 is 27.8. The molecule has 0 bridgehead atoms. The molecule has 7 nitrogen and oxygen atoms in total. The Morgan fingerprint density at radius 3 is 2.35 bits per heavy atom. The Morgan fingerprint density at radius 2 is 1.73 bits per heavy atom. The fourth-order valence-electron chi connectivity index (χ4n) is 2.65. The van der Waals surface area contributed by atoms with E-state index in [9.17, 15) is 8.42 Å². The molecule has 3 aromatic rings. The summed E-state index contributed by atoms with van der Waals surface area (Å²) in [6, 6.07) is 10.7. The number of pyridine rings is 1. The van der Waals surface area contributed by atoms with Gasteiger partial charge in [0.15, 0.2) is 5.82 Å². The molecule has 26 heavy (non-hydrogen) atoms. The molecule has 0 atom stereocenters. The van der Waals surface area contributed by atoms with Gasteiger partial charge < -0.3 is 0 Å². The van der Waals surface area contributed by atoms with Gasteiger partial charge >= 0.3 is 0 Å². The van der Waals surface area contributed by atoms with E-state index < -0.39 is 10.0 Å². The molecule has 0 aliphatic heterocycles. The van der Waals surface area contributed by atoms with Crippen LogP contribution in [0.15, 0.2) is 53.7 Å². The van der Waals surface area contributed by atoms with Gasteiger partial charge in [0.05, 0.1) is 4.90 Å². The molecule has 0 aliphatic rings. The third kappa shape index (κ3) is 3.97. The van der Waals surface area contributed by atoms with Crippen molar-refractivity contribution in [2.45, 2.75) is 31.2 Å². The smallest absolute Gasteiger partial charge is 0.240 e. The van der Waals surface area contributed by atoms with Crippen LogP contribution in [0.3, 0.4) is 0 Å². The average molecular weight is 371 g/mol. The second kappa shape index (κ2) is 7.76. The molecule has 0 saturated carbocycles. The van der Waals surface area contributed by atoms with Crippen molar-refractivity contribution < 1.29 is 8.42 Å². The highest BCUT2D eigenvalue weighted by Gasteiger charge is 2.12. The number of nitrogens with one attached hydrogen (secondary N) is 1. The molecule has 3 rings (SSSR count). The van der Waals surface area contributed by atoms with Gasteiger partial charge in [-0.05, 0) is 50.2 Å². The van der Waals surface area contributed by atoms with E-state index in [0.29, 0.717) is 5.82 Å². The SMILES string of the molecule is CCn1nc(-c2ccncc2)nc1CCc1ccc(S(=O)(=O)NC)cc1. The Bertz CT molecular complexity index is 967. The van der Waals surface area contributed by atoms with E-state index in [1.807, 2.05) is 35.9 Å². The third-order valence-corrected chi connectivity index (χ3v) is 5.56. The van der Waals surface area contributed by atoms with Gasteiger partial charge in [0.2, 0.25) is 10.0 Å². The van der Waals surface area contributed by atoms with Crippen LogP contribution in [-0.2, 0) is 29.4 Å². The van der Waals surface area contributed by atoms with Crippen molar-refractivity contribution in [1.82, 2.24) is 24.5 Å². The van der Waals surface area contributed by atoms with Crippen molar-refractivity contribution in [3.63, 3.8) is 0 Å². The molecule has 136 valence electrons. The summed E-state index contributed by atoms with van der Waals surface area (Å²) in [5.41, 5.74) is 1.99. The van der Waals surface area contributed by atoms with Gasteiger partial charge in [-0.3, -0.25) is 4.98 Å². The average Bonchev–Trinajstić information content (AvgIpc) is 3.11. The maximum absolute atomic E-state index is 11.8. The van der Waals surface area contributed by atoms with Crippen molar-refractivity contribution >= 4 is 10.0 Å². The van der Waals surface area contributed by atoms with E-state index in [1.54, 1.807) is 24.5 Å². The Kier molecular flexibility index (Phi) is 5.43. The summed E-state index contributed by atoms with van der Waals surface area (Å²) in [4.78, 5) is 8.94. The second-order valence-electron chi connectivity index (χ2n) is 5.75. The van der Waals surface area contributed by atoms with Crippen molar-refractivity contribution in [3.05, 3.63) is 60.2 Å². The lowest BCUT2D eigenvalue weighted by Crippen LogP contribution is -2.18. The highest BCUT2D eigenvalue weighted by Crippen LogP contribution is 2.16. The van der Waals surface area contributed by atoms with Crippen LogP contribution in [0.4, 0.5) is 0 Å². The zero-order chi connectivity index (χ0) is 18.6. The molecule has 0 saturated heterocycles. The van der Waals surface area contributed by atoms with E-state index in [0.717, 1.165) is 36.3 Å². The van der Waals surface area contributed by atoms with E-state index in [2.05, 4.69) is 19.8 Å². The number of sulfonamides is 1. The molecule has 1 N–H and O–H groups in total. The van der Waals surface area contributed by atoms with Crippen LogP contribution >= 0.6 is 0 Å². The Hall–Kier alpha value is -2.58. The Labute approximate surface area is 153 Å². The van der Waals surface area contributed by atoms with E-state index >= 15 is 0 Å². The largest absolute Gasteiger partial charge is 0.265 e. The summed E-state index contributed by atoms with van der Waals surface area (Å²) in [6.07, 6.45) is 4.93. The van der Waals surface area contributed by atoms with Crippen LogP contribution in [0.2, 0.25) is 0 Å². The molecule has 0 fully saturated rings. The molecule has 0 amide bonds. The van der Waals surface area contributed by atoms with Crippen molar-refractivity contribution in [3.8, 4) is 11.4 Å². The molecular formula is C18H21N5O2S. The van der Waals surface area contributed by atoms with Gasteiger partial charge in [0, 0.05) is 30.9 Å². The topological polar surface area (TPSA) is 89.8 Å². The molecule has 0 aliphatic carbocycles. The Balaban J connectivity index is 1.74. The fraction of sp³-hybridized carbons (Fsp3) is 0.278. The van der Waals surface area contributed by atoms with Crippen LogP contribution in [-0.4, -0.2) is 35.2 Å². The van der Waals surface area contributed by atoms with Crippen molar-refractivity contribution in [2.24, 2.45) is 0 Å². The molecule has 8 heteroatoms. The highest BCUT2D eigenvalue weighted by atomic mass is 32.2. The van der Waals surface area contributed by atoms with Gasteiger partial charge in [-0.1, -0.05) is 12.1 Å².